The molecular formula is C17H19N5O. The third-order valence-electron chi connectivity index (χ3n) is 3.86. The molecule has 2 heterocycles. The number of hydrogen-bond donors (Lipinski definition) is 2. The highest BCUT2D eigenvalue weighted by molar-refractivity contribution is 5.90. The lowest BCUT2D eigenvalue weighted by atomic mass is 10.2. The highest BCUT2D eigenvalue weighted by atomic mass is 16.1. The Kier molecular flexibility index (Phi) is 4.23. The first kappa shape index (κ1) is 15.0. The number of imidazole rings is 2. The standard InChI is InChI=1S/C17H19N5O/c1-12-13(2)22(11-20-12)16-6-3-14(4-7-16)21-17(23)8-5-15-9-18-10-19-15/h3-4,6-7,9-11H,5,8H2,1-2H3,(H,18,19)(H,21,23). The molecule has 0 fully saturated rings. The second-order valence-electron chi connectivity index (χ2n) is 5.46. The zero-order chi connectivity index (χ0) is 16.2. The molecule has 2 N–H and O–H groups in total. The van der Waals surface area contributed by atoms with Crippen LogP contribution in [0.4, 0.5) is 5.69 Å². The number of aryl methyl sites for hydroxylation is 2. The van der Waals surface area contributed by atoms with Gasteiger partial charge in [0.15, 0.2) is 0 Å². The number of nitrogens with zero attached hydrogens (tertiary/aromatic N) is 3. The number of aromatic amines is 1. The van der Waals surface area contributed by atoms with E-state index in [0.29, 0.717) is 12.8 Å². The Morgan fingerprint density at radius 3 is 2.65 bits per heavy atom. The fourth-order valence-corrected chi connectivity index (χ4v) is 2.36. The van der Waals surface area contributed by atoms with Gasteiger partial charge < -0.3 is 14.9 Å². The summed E-state index contributed by atoms with van der Waals surface area (Å²) in [5.74, 6) is -0.0120. The van der Waals surface area contributed by atoms with Crippen molar-refractivity contribution in [3.05, 3.63) is 60.2 Å². The van der Waals surface area contributed by atoms with E-state index >= 15 is 0 Å². The number of nitrogens with one attached hydrogen (secondary N) is 2. The van der Waals surface area contributed by atoms with Gasteiger partial charge >= 0.3 is 0 Å². The topological polar surface area (TPSA) is 75.6 Å². The molecule has 0 unspecified atom stereocenters. The maximum Gasteiger partial charge on any atom is 0.224 e. The highest BCUT2D eigenvalue weighted by Gasteiger charge is 2.06. The second kappa shape index (κ2) is 6.48. The van der Waals surface area contributed by atoms with Crippen LogP contribution in [0.25, 0.3) is 5.69 Å². The van der Waals surface area contributed by atoms with E-state index in [4.69, 9.17) is 0 Å². The van der Waals surface area contributed by atoms with Gasteiger partial charge in [-0.05, 0) is 44.5 Å². The van der Waals surface area contributed by atoms with E-state index in [-0.39, 0.29) is 5.91 Å². The molecule has 3 rings (SSSR count). The van der Waals surface area contributed by atoms with E-state index in [9.17, 15) is 4.79 Å². The van der Waals surface area contributed by atoms with Crippen molar-refractivity contribution in [1.82, 2.24) is 19.5 Å². The Balaban J connectivity index is 1.61. The molecule has 118 valence electrons. The Bertz CT molecular complexity index is 787. The average molecular weight is 309 g/mol. The summed E-state index contributed by atoms with van der Waals surface area (Å²) in [7, 11) is 0. The molecule has 0 bridgehead atoms. The first-order valence-corrected chi connectivity index (χ1v) is 7.51. The molecule has 0 saturated heterocycles. The maximum absolute atomic E-state index is 12.0. The summed E-state index contributed by atoms with van der Waals surface area (Å²) < 4.78 is 2.03. The molecule has 0 aliphatic rings. The third kappa shape index (κ3) is 3.48. The van der Waals surface area contributed by atoms with E-state index in [1.54, 1.807) is 12.5 Å². The largest absolute Gasteiger partial charge is 0.348 e. The predicted molar refractivity (Wildman–Crippen MR) is 88.6 cm³/mol. The van der Waals surface area contributed by atoms with Crippen LogP contribution in [0, 0.1) is 13.8 Å². The Hall–Kier alpha value is -2.89. The molecule has 1 aromatic carbocycles. The molecule has 0 aliphatic carbocycles. The molecule has 2 aromatic heterocycles. The number of benzene rings is 1. The zero-order valence-electron chi connectivity index (χ0n) is 13.2. The van der Waals surface area contributed by atoms with Gasteiger partial charge in [0, 0.05) is 35.4 Å². The Morgan fingerprint density at radius 2 is 2.04 bits per heavy atom. The van der Waals surface area contributed by atoms with Crippen molar-refractivity contribution in [2.75, 3.05) is 5.32 Å². The van der Waals surface area contributed by atoms with Crippen LogP contribution in [0.1, 0.15) is 23.5 Å². The Morgan fingerprint density at radius 1 is 1.26 bits per heavy atom. The van der Waals surface area contributed by atoms with Gasteiger partial charge in [-0.15, -0.1) is 0 Å². The molecule has 0 aliphatic heterocycles. The molecule has 6 nitrogen and oxygen atoms in total. The summed E-state index contributed by atoms with van der Waals surface area (Å²) in [5, 5.41) is 2.90. The van der Waals surface area contributed by atoms with Crippen molar-refractivity contribution in [2.24, 2.45) is 0 Å². The minimum absolute atomic E-state index is 0.0120. The van der Waals surface area contributed by atoms with Crippen molar-refractivity contribution in [1.29, 1.82) is 0 Å². The van der Waals surface area contributed by atoms with Crippen LogP contribution >= 0.6 is 0 Å². The number of anilines is 1. The third-order valence-corrected chi connectivity index (χ3v) is 3.86. The van der Waals surface area contributed by atoms with Gasteiger partial charge in [0.2, 0.25) is 5.91 Å². The average Bonchev–Trinajstić information content (AvgIpc) is 3.18. The number of carbonyl (C=O) groups excluding carboxylic acids is 1. The first-order valence-electron chi connectivity index (χ1n) is 7.51. The van der Waals surface area contributed by atoms with Crippen LogP contribution < -0.4 is 5.32 Å². The van der Waals surface area contributed by atoms with Crippen LogP contribution in [0.15, 0.2) is 43.1 Å². The lowest BCUT2D eigenvalue weighted by Gasteiger charge is -2.08. The van der Waals surface area contributed by atoms with Gasteiger partial charge in [-0.1, -0.05) is 0 Å². The van der Waals surface area contributed by atoms with Gasteiger partial charge in [0.05, 0.1) is 18.3 Å². The van der Waals surface area contributed by atoms with E-state index in [0.717, 1.165) is 28.5 Å². The number of amides is 1. The maximum atomic E-state index is 12.0. The summed E-state index contributed by atoms with van der Waals surface area (Å²) in [6.07, 6.45) is 6.23. The van der Waals surface area contributed by atoms with Crippen LogP contribution in [0.3, 0.4) is 0 Å². The predicted octanol–water partition coefficient (Wildman–Crippen LogP) is 2.78. The van der Waals surface area contributed by atoms with Crippen molar-refractivity contribution >= 4 is 11.6 Å². The molecule has 1 amide bonds. The molecular weight excluding hydrogens is 290 g/mol. The highest BCUT2D eigenvalue weighted by Crippen LogP contribution is 2.17. The van der Waals surface area contributed by atoms with Gasteiger partial charge in [0.1, 0.15) is 0 Å². The molecule has 0 radical (unpaired) electrons. The lowest BCUT2D eigenvalue weighted by molar-refractivity contribution is -0.116. The number of rotatable bonds is 5. The van der Waals surface area contributed by atoms with Crippen molar-refractivity contribution in [2.45, 2.75) is 26.7 Å². The van der Waals surface area contributed by atoms with E-state index in [1.807, 2.05) is 49.0 Å². The summed E-state index contributed by atoms with van der Waals surface area (Å²) >= 11 is 0. The fourth-order valence-electron chi connectivity index (χ4n) is 2.36. The van der Waals surface area contributed by atoms with Crippen LogP contribution in [0.2, 0.25) is 0 Å². The summed E-state index contributed by atoms with van der Waals surface area (Å²) in [6.45, 7) is 4.02. The SMILES string of the molecule is Cc1ncn(-c2ccc(NC(=O)CCc3cnc[nH]3)cc2)c1C. The van der Waals surface area contributed by atoms with Crippen molar-refractivity contribution in [3.63, 3.8) is 0 Å². The summed E-state index contributed by atoms with van der Waals surface area (Å²) in [6, 6.07) is 7.74. The summed E-state index contributed by atoms with van der Waals surface area (Å²) in [5.41, 5.74) is 4.90. The molecule has 0 atom stereocenters. The number of carbonyl (C=O) groups is 1. The van der Waals surface area contributed by atoms with Gasteiger partial charge in [-0.2, -0.15) is 0 Å². The minimum Gasteiger partial charge on any atom is -0.348 e. The van der Waals surface area contributed by atoms with Crippen molar-refractivity contribution in [3.8, 4) is 5.69 Å². The normalized spacial score (nSPS) is 10.7. The first-order chi connectivity index (χ1) is 11.1. The van der Waals surface area contributed by atoms with E-state index in [2.05, 4.69) is 20.3 Å². The number of H-pyrrole nitrogens is 1. The van der Waals surface area contributed by atoms with E-state index in [1.165, 1.54) is 0 Å². The quantitative estimate of drug-likeness (QED) is 0.761. The molecule has 0 saturated carbocycles. The van der Waals surface area contributed by atoms with Crippen LogP contribution in [0.5, 0.6) is 0 Å². The fraction of sp³-hybridized carbons (Fsp3) is 0.235. The van der Waals surface area contributed by atoms with Crippen LogP contribution in [-0.2, 0) is 11.2 Å². The molecule has 23 heavy (non-hydrogen) atoms. The lowest BCUT2D eigenvalue weighted by Crippen LogP contribution is -2.12. The smallest absolute Gasteiger partial charge is 0.224 e. The number of hydrogen-bond acceptors (Lipinski definition) is 3. The van der Waals surface area contributed by atoms with Gasteiger partial charge in [0.25, 0.3) is 0 Å². The second-order valence-corrected chi connectivity index (χ2v) is 5.46. The monoisotopic (exact) mass is 309 g/mol. The molecule has 0 spiro atoms. The number of aromatic nitrogens is 4. The minimum atomic E-state index is -0.0120. The van der Waals surface area contributed by atoms with Gasteiger partial charge in [-0.25, -0.2) is 9.97 Å². The van der Waals surface area contributed by atoms with E-state index < -0.39 is 0 Å². The van der Waals surface area contributed by atoms with Gasteiger partial charge in [-0.3, -0.25) is 4.79 Å². The Labute approximate surface area is 134 Å². The molecule has 3 aromatic rings. The summed E-state index contributed by atoms with van der Waals surface area (Å²) in [4.78, 5) is 23.2. The van der Waals surface area contributed by atoms with Crippen molar-refractivity contribution < 1.29 is 4.79 Å². The molecule has 6 heteroatoms. The zero-order valence-corrected chi connectivity index (χ0v) is 13.2. The van der Waals surface area contributed by atoms with Crippen LogP contribution in [-0.4, -0.2) is 25.4 Å².